The number of amides is 1. The van der Waals surface area contributed by atoms with Crippen LogP contribution in [0.3, 0.4) is 0 Å². The minimum atomic E-state index is -0.471. The van der Waals surface area contributed by atoms with E-state index in [0.717, 1.165) is 5.57 Å². The van der Waals surface area contributed by atoms with E-state index in [1.54, 1.807) is 0 Å². The van der Waals surface area contributed by atoms with Crippen LogP contribution in [0.15, 0.2) is 35.6 Å². The van der Waals surface area contributed by atoms with E-state index in [0.29, 0.717) is 18.9 Å². The Kier molecular flexibility index (Phi) is 9.68. The molecule has 1 N–H and O–H groups in total. The SMILES string of the molecule is C/C=C\C(=C/C=C(C)C)NC(=O)OCCOCC. The van der Waals surface area contributed by atoms with Crippen LogP contribution in [-0.4, -0.2) is 25.9 Å². The summed E-state index contributed by atoms with van der Waals surface area (Å²) >= 11 is 0. The lowest BCUT2D eigenvalue weighted by molar-refractivity contribution is 0.0801. The summed E-state index contributed by atoms with van der Waals surface area (Å²) in [6.45, 7) is 9.06. The van der Waals surface area contributed by atoms with Crippen LogP contribution in [0.25, 0.3) is 0 Å². The molecule has 0 aromatic heterocycles. The summed E-state index contributed by atoms with van der Waals surface area (Å²) < 4.78 is 10.0. The van der Waals surface area contributed by atoms with Gasteiger partial charge in [0.05, 0.1) is 6.61 Å². The van der Waals surface area contributed by atoms with Crippen molar-refractivity contribution in [1.82, 2.24) is 5.32 Å². The number of carbonyl (C=O) groups excluding carboxylic acids is 1. The van der Waals surface area contributed by atoms with Gasteiger partial charge in [-0.3, -0.25) is 5.32 Å². The zero-order valence-corrected chi connectivity index (χ0v) is 11.7. The maximum absolute atomic E-state index is 11.5. The van der Waals surface area contributed by atoms with Gasteiger partial charge in [-0.1, -0.05) is 17.7 Å². The Bertz CT molecular complexity index is 326. The summed E-state index contributed by atoms with van der Waals surface area (Å²) in [6, 6.07) is 0. The van der Waals surface area contributed by atoms with Crippen molar-refractivity contribution < 1.29 is 14.3 Å². The lowest BCUT2D eigenvalue weighted by Crippen LogP contribution is -2.24. The molecule has 0 saturated heterocycles. The summed E-state index contributed by atoms with van der Waals surface area (Å²) in [6.07, 6.45) is 6.95. The molecule has 0 fully saturated rings. The van der Waals surface area contributed by atoms with E-state index in [-0.39, 0.29) is 6.61 Å². The normalized spacial score (nSPS) is 11.4. The first-order valence-electron chi connectivity index (χ1n) is 6.09. The van der Waals surface area contributed by atoms with Gasteiger partial charge in [-0.2, -0.15) is 0 Å². The standard InChI is InChI=1S/C14H23NO3/c1-5-7-13(9-8-12(3)4)15-14(16)18-11-10-17-6-2/h5,7-9H,6,10-11H2,1-4H3,(H,15,16)/b7-5-,13-9+. The molecule has 0 aromatic carbocycles. The topological polar surface area (TPSA) is 47.6 Å². The van der Waals surface area contributed by atoms with Crippen molar-refractivity contribution in [2.45, 2.75) is 27.7 Å². The van der Waals surface area contributed by atoms with Gasteiger partial charge >= 0.3 is 6.09 Å². The Hall–Kier alpha value is -1.55. The predicted molar refractivity (Wildman–Crippen MR) is 73.3 cm³/mol. The van der Waals surface area contributed by atoms with Gasteiger partial charge in [0.15, 0.2) is 0 Å². The summed E-state index contributed by atoms with van der Waals surface area (Å²) in [5, 5.41) is 2.66. The molecule has 102 valence electrons. The van der Waals surface area contributed by atoms with Gasteiger partial charge in [-0.05, 0) is 39.8 Å². The third-order valence-corrected chi connectivity index (χ3v) is 1.85. The monoisotopic (exact) mass is 253 g/mol. The molecule has 4 heteroatoms. The fourth-order valence-electron chi connectivity index (χ4n) is 1.07. The zero-order chi connectivity index (χ0) is 13.8. The van der Waals surface area contributed by atoms with Crippen LogP contribution >= 0.6 is 0 Å². The van der Waals surface area contributed by atoms with E-state index in [1.807, 2.05) is 52.0 Å². The van der Waals surface area contributed by atoms with Crippen molar-refractivity contribution in [3.63, 3.8) is 0 Å². The third-order valence-electron chi connectivity index (χ3n) is 1.85. The first-order chi connectivity index (χ1) is 8.60. The number of hydrogen-bond acceptors (Lipinski definition) is 3. The van der Waals surface area contributed by atoms with Crippen LogP contribution in [0.1, 0.15) is 27.7 Å². The Balaban J connectivity index is 4.20. The predicted octanol–water partition coefficient (Wildman–Crippen LogP) is 3.18. The Labute approximate surface area is 109 Å². The van der Waals surface area contributed by atoms with Crippen molar-refractivity contribution in [2.75, 3.05) is 19.8 Å². The quantitative estimate of drug-likeness (QED) is 0.560. The highest BCUT2D eigenvalue weighted by atomic mass is 16.6. The highest BCUT2D eigenvalue weighted by Gasteiger charge is 2.02. The van der Waals surface area contributed by atoms with Crippen molar-refractivity contribution in [2.24, 2.45) is 0 Å². The number of allylic oxidation sites excluding steroid dienone is 5. The highest BCUT2D eigenvalue weighted by molar-refractivity contribution is 5.70. The Morgan fingerprint density at radius 3 is 2.50 bits per heavy atom. The van der Waals surface area contributed by atoms with Crippen molar-refractivity contribution >= 4 is 6.09 Å². The van der Waals surface area contributed by atoms with Gasteiger partial charge in [-0.25, -0.2) is 4.79 Å². The second-order valence-electron chi connectivity index (χ2n) is 3.82. The third kappa shape index (κ3) is 9.66. The molecule has 0 atom stereocenters. The van der Waals surface area contributed by atoms with Crippen LogP contribution < -0.4 is 5.32 Å². The van der Waals surface area contributed by atoms with E-state index < -0.39 is 6.09 Å². The van der Waals surface area contributed by atoms with E-state index >= 15 is 0 Å². The zero-order valence-electron chi connectivity index (χ0n) is 11.7. The van der Waals surface area contributed by atoms with E-state index in [2.05, 4.69) is 5.32 Å². The first kappa shape index (κ1) is 16.4. The molecule has 0 spiro atoms. The van der Waals surface area contributed by atoms with E-state index in [9.17, 15) is 4.79 Å². The summed E-state index contributed by atoms with van der Waals surface area (Å²) in [5.41, 5.74) is 1.85. The van der Waals surface area contributed by atoms with Gasteiger partial charge < -0.3 is 9.47 Å². The van der Waals surface area contributed by atoms with Crippen molar-refractivity contribution in [1.29, 1.82) is 0 Å². The molecule has 4 nitrogen and oxygen atoms in total. The number of rotatable bonds is 7. The van der Waals surface area contributed by atoms with Crippen LogP contribution in [0, 0.1) is 0 Å². The largest absolute Gasteiger partial charge is 0.447 e. The summed E-state index contributed by atoms with van der Waals surface area (Å²) in [5.74, 6) is 0. The molecule has 18 heavy (non-hydrogen) atoms. The van der Waals surface area contributed by atoms with Crippen molar-refractivity contribution in [3.05, 3.63) is 35.6 Å². The summed E-state index contributed by atoms with van der Waals surface area (Å²) in [4.78, 5) is 11.5. The highest BCUT2D eigenvalue weighted by Crippen LogP contribution is 1.97. The fraction of sp³-hybridized carbons (Fsp3) is 0.500. The number of alkyl carbamates (subject to hydrolysis) is 1. The second-order valence-corrected chi connectivity index (χ2v) is 3.82. The molecule has 0 unspecified atom stereocenters. The number of hydrogen-bond donors (Lipinski definition) is 1. The van der Waals surface area contributed by atoms with Gasteiger partial charge in [0.1, 0.15) is 6.61 Å². The average molecular weight is 253 g/mol. The second kappa shape index (κ2) is 10.6. The number of ether oxygens (including phenoxy) is 2. The van der Waals surface area contributed by atoms with Gasteiger partial charge in [-0.15, -0.1) is 0 Å². The van der Waals surface area contributed by atoms with Gasteiger partial charge in [0.2, 0.25) is 0 Å². The van der Waals surface area contributed by atoms with Crippen LogP contribution in [0.2, 0.25) is 0 Å². The average Bonchev–Trinajstić information content (AvgIpc) is 2.32. The molecular formula is C14H23NO3. The molecule has 0 aliphatic rings. The maximum Gasteiger partial charge on any atom is 0.411 e. The van der Waals surface area contributed by atoms with Crippen LogP contribution in [0.4, 0.5) is 4.79 Å². The fourth-order valence-corrected chi connectivity index (χ4v) is 1.07. The molecule has 0 aliphatic carbocycles. The Morgan fingerprint density at radius 2 is 1.94 bits per heavy atom. The molecule has 0 bridgehead atoms. The number of carbonyl (C=O) groups is 1. The summed E-state index contributed by atoms with van der Waals surface area (Å²) in [7, 11) is 0. The minimum Gasteiger partial charge on any atom is -0.447 e. The molecule has 1 amide bonds. The number of nitrogens with one attached hydrogen (secondary N) is 1. The molecule has 0 aliphatic heterocycles. The first-order valence-corrected chi connectivity index (χ1v) is 6.09. The molecule has 0 aromatic rings. The van der Waals surface area contributed by atoms with E-state index in [4.69, 9.17) is 9.47 Å². The maximum atomic E-state index is 11.5. The van der Waals surface area contributed by atoms with E-state index in [1.165, 1.54) is 0 Å². The molecule has 0 saturated carbocycles. The van der Waals surface area contributed by atoms with Crippen LogP contribution in [0.5, 0.6) is 0 Å². The lowest BCUT2D eigenvalue weighted by atomic mass is 10.3. The lowest BCUT2D eigenvalue weighted by Gasteiger charge is -2.07. The molecule has 0 rings (SSSR count). The van der Waals surface area contributed by atoms with Gasteiger partial charge in [0, 0.05) is 12.3 Å². The van der Waals surface area contributed by atoms with Crippen LogP contribution in [-0.2, 0) is 9.47 Å². The smallest absolute Gasteiger partial charge is 0.411 e. The molecule has 0 radical (unpaired) electrons. The minimum absolute atomic E-state index is 0.255. The Morgan fingerprint density at radius 1 is 1.22 bits per heavy atom. The van der Waals surface area contributed by atoms with Gasteiger partial charge in [0.25, 0.3) is 0 Å². The molecular weight excluding hydrogens is 230 g/mol. The van der Waals surface area contributed by atoms with Crippen molar-refractivity contribution in [3.8, 4) is 0 Å². The molecule has 0 heterocycles.